The minimum absolute atomic E-state index is 0.0147. The van der Waals surface area contributed by atoms with Crippen LogP contribution in [0, 0.1) is 5.92 Å². The molecule has 2 aromatic heterocycles. The number of benzene rings is 1. The van der Waals surface area contributed by atoms with Gasteiger partial charge in [-0.1, -0.05) is 29.3 Å². The summed E-state index contributed by atoms with van der Waals surface area (Å²) in [7, 11) is 1.78. The van der Waals surface area contributed by atoms with Gasteiger partial charge in [-0.3, -0.25) is 4.79 Å². The zero-order valence-corrected chi connectivity index (χ0v) is 18.5. The van der Waals surface area contributed by atoms with E-state index in [1.165, 1.54) is 6.20 Å². The number of hydrogen-bond acceptors (Lipinski definition) is 4. The lowest BCUT2D eigenvalue weighted by atomic mass is 9.85. The van der Waals surface area contributed by atoms with Crippen LogP contribution in [0.2, 0.25) is 10.0 Å². The highest BCUT2D eigenvalue weighted by atomic mass is 35.5. The average molecular weight is 486 g/mol. The van der Waals surface area contributed by atoms with Crippen molar-refractivity contribution in [2.24, 2.45) is 13.0 Å². The van der Waals surface area contributed by atoms with Crippen LogP contribution in [0.1, 0.15) is 36.2 Å². The van der Waals surface area contributed by atoms with Crippen molar-refractivity contribution in [3.63, 3.8) is 0 Å². The third-order valence-corrected chi connectivity index (χ3v) is 6.35. The van der Waals surface area contributed by atoms with E-state index in [0.717, 1.165) is 0 Å². The van der Waals surface area contributed by atoms with Gasteiger partial charge in [0.2, 0.25) is 5.95 Å². The number of amides is 1. The molecule has 1 aliphatic carbocycles. The number of carbonyl (C=O) groups is 1. The number of imidazole rings is 1. The van der Waals surface area contributed by atoms with Crippen LogP contribution in [0.15, 0.2) is 30.5 Å². The second-order valence-electron chi connectivity index (χ2n) is 7.84. The zero-order valence-electron chi connectivity index (χ0n) is 17.0. The third kappa shape index (κ3) is 4.63. The second kappa shape index (κ2) is 8.78. The fourth-order valence-corrected chi connectivity index (χ4v) is 4.37. The van der Waals surface area contributed by atoms with E-state index in [-0.39, 0.29) is 37.4 Å². The van der Waals surface area contributed by atoms with E-state index in [1.54, 1.807) is 35.9 Å². The number of alkyl halides is 3. The topological polar surface area (TPSA) is 71.8 Å². The number of rotatable bonds is 4. The molecule has 0 saturated heterocycles. The van der Waals surface area contributed by atoms with Gasteiger partial charge in [-0.2, -0.15) is 13.2 Å². The van der Waals surface area contributed by atoms with E-state index in [1.807, 2.05) is 0 Å². The molecule has 0 radical (unpaired) electrons. The fourth-order valence-electron chi connectivity index (χ4n) is 3.88. The molecule has 11 heteroatoms. The van der Waals surface area contributed by atoms with Gasteiger partial charge < -0.3 is 15.2 Å². The smallest absolute Gasteiger partial charge is 0.348 e. The molecule has 1 saturated carbocycles. The van der Waals surface area contributed by atoms with Crippen LogP contribution in [-0.4, -0.2) is 32.7 Å². The molecule has 2 heterocycles. The molecular formula is C21H20Cl2F3N5O. The molecule has 0 spiro atoms. The highest BCUT2D eigenvalue weighted by molar-refractivity contribution is 6.39. The zero-order chi connectivity index (χ0) is 23.0. The van der Waals surface area contributed by atoms with E-state index in [9.17, 15) is 18.0 Å². The fraction of sp³-hybridized carbons (Fsp3) is 0.381. The molecule has 0 atom stereocenters. The number of nitrogens with one attached hydrogen (secondary N) is 2. The summed E-state index contributed by atoms with van der Waals surface area (Å²) in [5.41, 5.74) is 1.86. The number of aromatic nitrogens is 3. The Hall–Kier alpha value is -2.52. The van der Waals surface area contributed by atoms with E-state index < -0.39 is 18.0 Å². The molecule has 4 rings (SSSR count). The van der Waals surface area contributed by atoms with Crippen molar-refractivity contribution in [1.82, 2.24) is 19.9 Å². The quantitative estimate of drug-likeness (QED) is 0.484. The van der Waals surface area contributed by atoms with Crippen LogP contribution in [0.4, 0.5) is 24.8 Å². The van der Waals surface area contributed by atoms with E-state index in [2.05, 4.69) is 20.6 Å². The van der Waals surface area contributed by atoms with Crippen LogP contribution in [0.3, 0.4) is 0 Å². The Bertz CT molecular complexity index is 1140. The van der Waals surface area contributed by atoms with Gasteiger partial charge in [0, 0.05) is 13.1 Å². The molecule has 1 aliphatic rings. The lowest BCUT2D eigenvalue weighted by molar-refractivity contribution is -0.182. The maximum Gasteiger partial charge on any atom is 0.391 e. The van der Waals surface area contributed by atoms with Crippen molar-refractivity contribution in [2.75, 3.05) is 5.32 Å². The summed E-state index contributed by atoms with van der Waals surface area (Å²) >= 11 is 12.4. The lowest BCUT2D eigenvalue weighted by Gasteiger charge is -2.30. The highest BCUT2D eigenvalue weighted by Gasteiger charge is 2.41. The lowest BCUT2D eigenvalue weighted by Crippen LogP contribution is -2.40. The number of pyridine rings is 1. The summed E-state index contributed by atoms with van der Waals surface area (Å²) in [6.07, 6.45) is -2.05. The second-order valence-corrected chi connectivity index (χ2v) is 8.65. The van der Waals surface area contributed by atoms with Gasteiger partial charge in [-0.05, 0) is 43.9 Å². The summed E-state index contributed by atoms with van der Waals surface area (Å²) in [6.45, 7) is 0. The molecule has 6 nitrogen and oxygen atoms in total. The van der Waals surface area contributed by atoms with Crippen molar-refractivity contribution in [1.29, 1.82) is 0 Å². The summed E-state index contributed by atoms with van der Waals surface area (Å²) in [5.74, 6) is -1.27. The predicted molar refractivity (Wildman–Crippen MR) is 118 cm³/mol. The first-order valence-corrected chi connectivity index (χ1v) is 10.8. The normalized spacial score (nSPS) is 19.2. The number of nitrogens with zero attached hydrogens (tertiary/aromatic N) is 3. The first kappa shape index (κ1) is 22.7. The van der Waals surface area contributed by atoms with Crippen LogP contribution in [0.5, 0.6) is 0 Å². The van der Waals surface area contributed by atoms with Crippen molar-refractivity contribution >= 4 is 51.8 Å². The standard InChI is InChI=1S/C21H20Cl2F3N5O/c1-31-17-10-27-16(19(32)28-12-7-5-11(6-8-12)21(24,25)26)9-15(17)29-20(31)30-18-13(22)3-2-4-14(18)23/h2-4,9-12H,5-8H2,1H3,(H,28,32)(H,29,30)/t11-,12-. The van der Waals surface area contributed by atoms with Gasteiger partial charge in [0.1, 0.15) is 5.69 Å². The van der Waals surface area contributed by atoms with Crippen LogP contribution in [0.25, 0.3) is 11.0 Å². The van der Waals surface area contributed by atoms with Crippen LogP contribution >= 0.6 is 23.2 Å². The Morgan fingerprint density at radius 1 is 1.16 bits per heavy atom. The molecule has 1 aromatic carbocycles. The summed E-state index contributed by atoms with van der Waals surface area (Å²) in [5, 5.41) is 6.76. The summed E-state index contributed by atoms with van der Waals surface area (Å²) in [6, 6.07) is 6.37. The number of fused-ring (bicyclic) bond motifs is 1. The van der Waals surface area contributed by atoms with Gasteiger partial charge in [-0.15, -0.1) is 0 Å². The minimum Gasteiger partial charge on any atom is -0.348 e. The SMILES string of the molecule is Cn1c(Nc2c(Cl)cccc2Cl)nc2cc(C(=O)N[C@H]3CC[C@H](C(F)(F)F)CC3)ncc21. The molecule has 2 N–H and O–H groups in total. The number of para-hydroxylation sites is 1. The number of carbonyl (C=O) groups excluding carboxylic acids is 1. The molecule has 0 bridgehead atoms. The molecule has 1 amide bonds. The number of anilines is 2. The molecule has 170 valence electrons. The van der Waals surface area contributed by atoms with E-state index in [0.29, 0.717) is 32.7 Å². The van der Waals surface area contributed by atoms with Crippen molar-refractivity contribution in [3.05, 3.63) is 46.2 Å². The summed E-state index contributed by atoms with van der Waals surface area (Å²) < 4.78 is 40.3. The van der Waals surface area contributed by atoms with Gasteiger partial charge >= 0.3 is 6.18 Å². The minimum atomic E-state index is -4.18. The van der Waals surface area contributed by atoms with E-state index >= 15 is 0 Å². The number of aryl methyl sites for hydroxylation is 1. The molecule has 0 unspecified atom stereocenters. The largest absolute Gasteiger partial charge is 0.391 e. The highest BCUT2D eigenvalue weighted by Crippen LogP contribution is 2.37. The van der Waals surface area contributed by atoms with Gasteiger partial charge in [0.15, 0.2) is 0 Å². The first-order chi connectivity index (χ1) is 15.1. The number of hydrogen-bond donors (Lipinski definition) is 2. The predicted octanol–water partition coefficient (Wildman–Crippen LogP) is 5.87. The maximum atomic E-state index is 12.8. The van der Waals surface area contributed by atoms with E-state index in [4.69, 9.17) is 23.2 Å². The van der Waals surface area contributed by atoms with Gasteiger partial charge in [0.25, 0.3) is 5.91 Å². The number of halogens is 5. The third-order valence-electron chi connectivity index (χ3n) is 5.72. The van der Waals surface area contributed by atoms with Crippen molar-refractivity contribution < 1.29 is 18.0 Å². The van der Waals surface area contributed by atoms with Crippen LogP contribution in [-0.2, 0) is 7.05 Å². The molecule has 1 fully saturated rings. The molecular weight excluding hydrogens is 466 g/mol. The van der Waals surface area contributed by atoms with Gasteiger partial charge in [-0.25, -0.2) is 9.97 Å². The summed E-state index contributed by atoms with van der Waals surface area (Å²) in [4.78, 5) is 21.3. The monoisotopic (exact) mass is 485 g/mol. The molecule has 3 aromatic rings. The Balaban J connectivity index is 1.49. The average Bonchev–Trinajstić information content (AvgIpc) is 3.05. The van der Waals surface area contributed by atoms with Gasteiger partial charge in [0.05, 0.1) is 38.9 Å². The first-order valence-electron chi connectivity index (χ1n) is 10.0. The maximum absolute atomic E-state index is 12.8. The van der Waals surface area contributed by atoms with Crippen molar-refractivity contribution in [3.8, 4) is 0 Å². The molecule has 0 aliphatic heterocycles. The Morgan fingerprint density at radius 3 is 2.44 bits per heavy atom. The Morgan fingerprint density at radius 2 is 1.81 bits per heavy atom. The van der Waals surface area contributed by atoms with Crippen molar-refractivity contribution in [2.45, 2.75) is 37.9 Å². The van der Waals surface area contributed by atoms with Crippen LogP contribution < -0.4 is 10.6 Å². The Labute approximate surface area is 192 Å². The molecule has 32 heavy (non-hydrogen) atoms. The Kier molecular flexibility index (Phi) is 6.22.